The molecule has 1 aromatic rings. The number of ether oxygens (including phenoxy) is 1. The number of carboxylic acids is 1. The molecule has 0 aliphatic carbocycles. The molecule has 1 N–H and O–H groups in total. The number of carboxylic acid groups (broad SMARTS) is 1. The number of likely N-dealkylation sites (tertiary alicyclic amines) is 1. The van der Waals surface area contributed by atoms with Gasteiger partial charge >= 0.3 is 5.97 Å². The van der Waals surface area contributed by atoms with Crippen molar-refractivity contribution in [1.29, 1.82) is 0 Å². The summed E-state index contributed by atoms with van der Waals surface area (Å²) in [6.45, 7) is 6.12. The summed E-state index contributed by atoms with van der Waals surface area (Å²) < 4.78 is 33.6. The summed E-state index contributed by atoms with van der Waals surface area (Å²) >= 11 is 0. The fourth-order valence-corrected chi connectivity index (χ4v) is 3.08. The molecule has 0 saturated carbocycles. The topological polar surface area (TPSA) is 66.8 Å². The number of aliphatic carboxylic acids is 1. The molecule has 2 rings (SSSR count). The van der Waals surface area contributed by atoms with Crippen molar-refractivity contribution < 1.29 is 28.2 Å². The van der Waals surface area contributed by atoms with Gasteiger partial charge in [0.2, 0.25) is 5.91 Å². The Labute approximate surface area is 151 Å². The Kier molecular flexibility index (Phi) is 5.58. The summed E-state index contributed by atoms with van der Waals surface area (Å²) in [6, 6.07) is 4.53. The van der Waals surface area contributed by atoms with E-state index >= 15 is 0 Å². The van der Waals surface area contributed by atoms with Crippen LogP contribution in [0.4, 0.5) is 8.78 Å². The monoisotopic (exact) mass is 369 g/mol. The molecule has 0 radical (unpaired) electrons. The van der Waals surface area contributed by atoms with Gasteiger partial charge in [-0.05, 0) is 50.3 Å². The molecule has 0 atom stereocenters. The maximum Gasteiger partial charge on any atom is 0.347 e. The SMILES string of the molecule is CC(=O)N1CCC(c2ccc(OC(C)(C)C(=O)O)c(C(C)(F)F)c2)CC1. The maximum atomic E-state index is 14.1. The highest BCUT2D eigenvalue weighted by Gasteiger charge is 2.35. The van der Waals surface area contributed by atoms with E-state index < -0.39 is 17.5 Å². The lowest BCUT2D eigenvalue weighted by molar-refractivity contribution is -0.152. The zero-order chi connectivity index (χ0) is 19.7. The molecule has 26 heavy (non-hydrogen) atoms. The van der Waals surface area contributed by atoms with Crippen LogP contribution in [0, 0.1) is 0 Å². The fourth-order valence-electron chi connectivity index (χ4n) is 3.08. The highest BCUT2D eigenvalue weighted by Crippen LogP contribution is 2.39. The minimum Gasteiger partial charge on any atom is -0.478 e. The fraction of sp³-hybridized carbons (Fsp3) is 0.579. The smallest absolute Gasteiger partial charge is 0.347 e. The average Bonchev–Trinajstić information content (AvgIpc) is 2.53. The lowest BCUT2D eigenvalue weighted by Gasteiger charge is -2.32. The number of piperidine rings is 1. The molecule has 1 aliphatic heterocycles. The van der Waals surface area contributed by atoms with E-state index in [1.54, 1.807) is 11.0 Å². The summed E-state index contributed by atoms with van der Waals surface area (Å²) in [6.07, 6.45) is 1.41. The van der Waals surface area contributed by atoms with Gasteiger partial charge in [0.25, 0.3) is 5.92 Å². The quantitative estimate of drug-likeness (QED) is 0.858. The van der Waals surface area contributed by atoms with E-state index in [1.807, 2.05) is 0 Å². The molecule has 0 aromatic heterocycles. The minimum absolute atomic E-state index is 0.0175. The Hall–Kier alpha value is -2.18. The molecule has 0 unspecified atom stereocenters. The lowest BCUT2D eigenvalue weighted by atomic mass is 9.87. The van der Waals surface area contributed by atoms with Gasteiger partial charge in [0.15, 0.2) is 5.60 Å². The highest BCUT2D eigenvalue weighted by molar-refractivity contribution is 5.77. The molecule has 144 valence electrons. The lowest BCUT2D eigenvalue weighted by Crippen LogP contribution is -2.38. The van der Waals surface area contributed by atoms with Gasteiger partial charge in [-0.1, -0.05) is 6.07 Å². The van der Waals surface area contributed by atoms with Crippen LogP contribution in [-0.4, -0.2) is 40.6 Å². The largest absolute Gasteiger partial charge is 0.478 e. The minimum atomic E-state index is -3.17. The molecular formula is C19H25F2NO4. The van der Waals surface area contributed by atoms with Crippen LogP contribution in [0.3, 0.4) is 0 Å². The Morgan fingerprint density at radius 2 is 1.77 bits per heavy atom. The Morgan fingerprint density at radius 3 is 2.23 bits per heavy atom. The number of carbonyl (C=O) groups is 2. The second-order valence-electron chi connectivity index (χ2n) is 7.34. The van der Waals surface area contributed by atoms with Crippen molar-refractivity contribution in [3.05, 3.63) is 29.3 Å². The van der Waals surface area contributed by atoms with Crippen molar-refractivity contribution in [2.24, 2.45) is 0 Å². The van der Waals surface area contributed by atoms with E-state index in [4.69, 9.17) is 4.74 Å². The Bertz CT molecular complexity index is 689. The summed E-state index contributed by atoms with van der Waals surface area (Å²) in [5.41, 5.74) is -1.18. The summed E-state index contributed by atoms with van der Waals surface area (Å²) in [7, 11) is 0. The van der Waals surface area contributed by atoms with Crippen LogP contribution in [-0.2, 0) is 15.5 Å². The Balaban J connectivity index is 2.29. The van der Waals surface area contributed by atoms with Gasteiger partial charge in [-0.25, -0.2) is 13.6 Å². The molecule has 7 heteroatoms. The van der Waals surface area contributed by atoms with Crippen molar-refractivity contribution >= 4 is 11.9 Å². The molecule has 0 spiro atoms. The van der Waals surface area contributed by atoms with Gasteiger partial charge in [0.05, 0.1) is 5.56 Å². The van der Waals surface area contributed by atoms with Gasteiger partial charge < -0.3 is 14.7 Å². The summed E-state index contributed by atoms with van der Waals surface area (Å²) in [5.74, 6) is -4.43. The number of hydrogen-bond acceptors (Lipinski definition) is 3. The second-order valence-corrected chi connectivity index (χ2v) is 7.34. The Morgan fingerprint density at radius 1 is 1.19 bits per heavy atom. The molecule has 1 amide bonds. The normalized spacial score (nSPS) is 16.5. The van der Waals surface area contributed by atoms with Crippen molar-refractivity contribution in [2.75, 3.05) is 13.1 Å². The molecule has 5 nitrogen and oxygen atoms in total. The van der Waals surface area contributed by atoms with Crippen molar-refractivity contribution in [3.63, 3.8) is 0 Å². The van der Waals surface area contributed by atoms with Crippen molar-refractivity contribution in [1.82, 2.24) is 4.90 Å². The molecular weight excluding hydrogens is 344 g/mol. The predicted molar refractivity (Wildman–Crippen MR) is 92.6 cm³/mol. The van der Waals surface area contributed by atoms with Crippen LogP contribution in [0.25, 0.3) is 0 Å². The van der Waals surface area contributed by atoms with E-state index in [-0.39, 0.29) is 23.1 Å². The first-order chi connectivity index (χ1) is 11.9. The van der Waals surface area contributed by atoms with Gasteiger partial charge in [-0.15, -0.1) is 0 Å². The first-order valence-electron chi connectivity index (χ1n) is 8.62. The predicted octanol–water partition coefficient (Wildman–Crippen LogP) is 3.77. The number of benzene rings is 1. The maximum absolute atomic E-state index is 14.1. The highest BCUT2D eigenvalue weighted by atomic mass is 19.3. The molecule has 1 aliphatic rings. The van der Waals surface area contributed by atoms with Crippen LogP contribution in [0.5, 0.6) is 5.75 Å². The number of halogens is 2. The van der Waals surface area contributed by atoms with Crippen LogP contribution in [0.15, 0.2) is 18.2 Å². The van der Waals surface area contributed by atoms with E-state index in [0.29, 0.717) is 25.9 Å². The van der Waals surface area contributed by atoms with Crippen LogP contribution < -0.4 is 4.74 Å². The van der Waals surface area contributed by atoms with Gasteiger partial charge in [0, 0.05) is 26.9 Å². The van der Waals surface area contributed by atoms with Gasteiger partial charge in [0.1, 0.15) is 5.75 Å². The molecule has 0 bridgehead atoms. The third-order valence-electron chi connectivity index (χ3n) is 4.77. The first kappa shape index (κ1) is 20.1. The number of hydrogen-bond donors (Lipinski definition) is 1. The zero-order valence-electron chi connectivity index (χ0n) is 15.5. The molecule has 1 heterocycles. The van der Waals surface area contributed by atoms with Crippen molar-refractivity contribution in [2.45, 2.75) is 58.0 Å². The number of alkyl halides is 2. The van der Waals surface area contributed by atoms with Crippen molar-refractivity contribution in [3.8, 4) is 5.75 Å². The number of nitrogens with zero attached hydrogens (tertiary/aromatic N) is 1. The first-order valence-corrected chi connectivity index (χ1v) is 8.62. The van der Waals surface area contributed by atoms with Gasteiger partial charge in [-0.2, -0.15) is 0 Å². The molecule has 1 fully saturated rings. The molecule has 1 saturated heterocycles. The van der Waals surface area contributed by atoms with Crippen LogP contribution in [0.2, 0.25) is 0 Å². The van der Waals surface area contributed by atoms with Crippen LogP contribution in [0.1, 0.15) is 57.6 Å². The van der Waals surface area contributed by atoms with Crippen LogP contribution >= 0.6 is 0 Å². The summed E-state index contributed by atoms with van der Waals surface area (Å²) in [5, 5.41) is 9.18. The average molecular weight is 369 g/mol. The third-order valence-corrected chi connectivity index (χ3v) is 4.77. The standard InChI is InChI=1S/C19H25F2NO4/c1-12(23)22-9-7-13(8-10-22)14-5-6-16(15(11-14)19(4,20)21)26-18(2,3)17(24)25/h5-6,11,13H,7-10H2,1-4H3,(H,24,25). The second kappa shape index (κ2) is 7.21. The number of amides is 1. The van der Waals surface area contributed by atoms with E-state index in [2.05, 4.69) is 0 Å². The van der Waals surface area contributed by atoms with E-state index in [0.717, 1.165) is 12.5 Å². The zero-order valence-corrected chi connectivity index (χ0v) is 15.5. The van der Waals surface area contributed by atoms with E-state index in [1.165, 1.54) is 32.9 Å². The number of carbonyl (C=O) groups excluding carboxylic acids is 1. The third kappa shape index (κ3) is 4.51. The summed E-state index contributed by atoms with van der Waals surface area (Å²) in [4.78, 5) is 24.4. The van der Waals surface area contributed by atoms with E-state index in [9.17, 15) is 23.5 Å². The number of rotatable bonds is 5. The molecule has 1 aromatic carbocycles. The van der Waals surface area contributed by atoms with Gasteiger partial charge in [-0.3, -0.25) is 4.79 Å².